The number of anilines is 1. The molecular weight excluding hydrogens is 294 g/mol. The average Bonchev–Trinajstić information content (AvgIpc) is 2.57. The van der Waals surface area contributed by atoms with Gasteiger partial charge < -0.3 is 19.5 Å². The maximum atomic E-state index is 12.3. The smallest absolute Gasteiger partial charge is 0.228 e. The lowest BCUT2D eigenvalue weighted by atomic mass is 10.1. The van der Waals surface area contributed by atoms with Crippen LogP contribution in [-0.2, 0) is 11.2 Å². The molecule has 0 unspecified atom stereocenters. The highest BCUT2D eigenvalue weighted by molar-refractivity contribution is 5.93. The zero-order chi connectivity index (χ0) is 16.1. The number of rotatable bonds is 5. The van der Waals surface area contributed by atoms with E-state index in [4.69, 9.17) is 14.2 Å². The van der Waals surface area contributed by atoms with Gasteiger partial charge in [-0.05, 0) is 36.8 Å². The van der Waals surface area contributed by atoms with Crippen molar-refractivity contribution >= 4 is 11.6 Å². The molecule has 1 amide bonds. The first-order valence-corrected chi connectivity index (χ1v) is 7.66. The van der Waals surface area contributed by atoms with Gasteiger partial charge >= 0.3 is 0 Å². The fourth-order valence-corrected chi connectivity index (χ4v) is 2.43. The minimum Gasteiger partial charge on any atom is -0.492 e. The van der Waals surface area contributed by atoms with Gasteiger partial charge in [-0.15, -0.1) is 0 Å². The van der Waals surface area contributed by atoms with Crippen molar-refractivity contribution in [2.75, 3.05) is 25.1 Å². The molecule has 0 saturated carbocycles. The molecule has 2 aromatic rings. The first-order chi connectivity index (χ1) is 11.3. The van der Waals surface area contributed by atoms with Crippen molar-refractivity contribution in [3.63, 3.8) is 0 Å². The predicted octanol–water partition coefficient (Wildman–Crippen LogP) is 3.04. The minimum atomic E-state index is -0.103. The van der Waals surface area contributed by atoms with Crippen LogP contribution in [0.4, 0.5) is 5.69 Å². The Hall–Kier alpha value is -2.69. The Kier molecular flexibility index (Phi) is 4.66. The molecule has 0 aromatic heterocycles. The highest BCUT2D eigenvalue weighted by Gasteiger charge is 2.14. The molecule has 5 heteroatoms. The first-order valence-electron chi connectivity index (χ1n) is 7.66. The van der Waals surface area contributed by atoms with E-state index >= 15 is 0 Å². The number of amides is 1. The molecule has 0 spiro atoms. The molecule has 0 atom stereocenters. The molecule has 3 rings (SSSR count). The lowest BCUT2D eigenvalue weighted by Crippen LogP contribution is -2.17. The van der Waals surface area contributed by atoms with Gasteiger partial charge in [0.05, 0.1) is 18.7 Å². The van der Waals surface area contributed by atoms with Crippen LogP contribution in [0.2, 0.25) is 0 Å². The quantitative estimate of drug-likeness (QED) is 0.922. The van der Waals surface area contributed by atoms with Crippen LogP contribution in [0.1, 0.15) is 12.5 Å². The highest BCUT2D eigenvalue weighted by Crippen LogP contribution is 2.31. The molecule has 5 nitrogen and oxygen atoms in total. The summed E-state index contributed by atoms with van der Waals surface area (Å²) in [6.45, 7) is 3.55. The Morgan fingerprint density at radius 3 is 2.74 bits per heavy atom. The summed E-state index contributed by atoms with van der Waals surface area (Å²) in [7, 11) is 0. The molecule has 120 valence electrons. The van der Waals surface area contributed by atoms with Gasteiger partial charge in [-0.2, -0.15) is 0 Å². The van der Waals surface area contributed by atoms with E-state index in [0.717, 1.165) is 11.3 Å². The third kappa shape index (κ3) is 3.74. The van der Waals surface area contributed by atoms with Crippen LogP contribution < -0.4 is 19.5 Å². The molecule has 1 heterocycles. The number of ether oxygens (including phenoxy) is 3. The summed E-state index contributed by atoms with van der Waals surface area (Å²) in [6, 6.07) is 13.0. The molecule has 0 saturated heterocycles. The van der Waals surface area contributed by atoms with Crippen LogP contribution in [0.3, 0.4) is 0 Å². The van der Waals surface area contributed by atoms with Crippen LogP contribution in [0.25, 0.3) is 0 Å². The van der Waals surface area contributed by atoms with E-state index in [1.807, 2.05) is 49.4 Å². The van der Waals surface area contributed by atoms with Crippen molar-refractivity contribution in [2.45, 2.75) is 13.3 Å². The van der Waals surface area contributed by atoms with Crippen LogP contribution in [0, 0.1) is 0 Å². The minimum absolute atomic E-state index is 0.103. The number of carbonyl (C=O) groups is 1. The van der Waals surface area contributed by atoms with Gasteiger partial charge in [0.15, 0.2) is 11.5 Å². The van der Waals surface area contributed by atoms with Gasteiger partial charge in [-0.25, -0.2) is 0 Å². The number of para-hydroxylation sites is 2. The zero-order valence-electron chi connectivity index (χ0n) is 13.0. The van der Waals surface area contributed by atoms with E-state index in [1.165, 1.54) is 0 Å². The average molecular weight is 313 g/mol. The van der Waals surface area contributed by atoms with Crippen molar-refractivity contribution in [1.82, 2.24) is 0 Å². The van der Waals surface area contributed by atoms with Crippen molar-refractivity contribution in [2.24, 2.45) is 0 Å². The predicted molar refractivity (Wildman–Crippen MR) is 87.4 cm³/mol. The summed E-state index contributed by atoms with van der Waals surface area (Å²) in [5.41, 5.74) is 1.55. The molecule has 23 heavy (non-hydrogen) atoms. The molecule has 0 aliphatic carbocycles. The second-order valence-electron chi connectivity index (χ2n) is 5.13. The number of fused-ring (bicyclic) bond motifs is 1. The number of hydrogen-bond donors (Lipinski definition) is 1. The topological polar surface area (TPSA) is 56.8 Å². The van der Waals surface area contributed by atoms with E-state index in [-0.39, 0.29) is 12.3 Å². The Bertz CT molecular complexity index is 699. The van der Waals surface area contributed by atoms with Crippen molar-refractivity contribution in [1.29, 1.82) is 0 Å². The molecular formula is C18H19NO4. The number of carbonyl (C=O) groups excluding carboxylic acids is 1. The zero-order valence-corrected chi connectivity index (χ0v) is 13.0. The third-order valence-electron chi connectivity index (χ3n) is 3.43. The number of nitrogens with one attached hydrogen (secondary N) is 1. The summed E-state index contributed by atoms with van der Waals surface area (Å²) in [5.74, 6) is 1.98. The molecule has 0 bridgehead atoms. The Morgan fingerprint density at radius 2 is 1.91 bits per heavy atom. The molecule has 0 fully saturated rings. The van der Waals surface area contributed by atoms with Gasteiger partial charge in [-0.1, -0.05) is 18.2 Å². The monoisotopic (exact) mass is 313 g/mol. The van der Waals surface area contributed by atoms with Crippen LogP contribution in [0.5, 0.6) is 17.2 Å². The lowest BCUT2D eigenvalue weighted by molar-refractivity contribution is -0.115. The maximum absolute atomic E-state index is 12.3. The first kappa shape index (κ1) is 15.2. The standard InChI is InChI=1S/C18H19NO4/c1-2-21-15-6-4-3-5-14(15)19-18(20)12-13-7-8-16-17(11-13)23-10-9-22-16/h3-8,11H,2,9-10,12H2,1H3,(H,19,20). The van der Waals surface area contributed by atoms with Crippen LogP contribution in [-0.4, -0.2) is 25.7 Å². The summed E-state index contributed by atoms with van der Waals surface area (Å²) >= 11 is 0. The third-order valence-corrected chi connectivity index (χ3v) is 3.43. The Balaban J connectivity index is 1.68. The molecule has 0 radical (unpaired) electrons. The van der Waals surface area contributed by atoms with E-state index < -0.39 is 0 Å². The SMILES string of the molecule is CCOc1ccccc1NC(=O)Cc1ccc2c(c1)OCCO2. The molecule has 2 aromatic carbocycles. The lowest BCUT2D eigenvalue weighted by Gasteiger charge is -2.18. The van der Waals surface area contributed by atoms with Crippen LogP contribution >= 0.6 is 0 Å². The Labute approximate surface area is 135 Å². The molecule has 1 aliphatic rings. The summed E-state index contributed by atoms with van der Waals surface area (Å²) < 4.78 is 16.5. The summed E-state index contributed by atoms with van der Waals surface area (Å²) in [5, 5.41) is 2.89. The second kappa shape index (κ2) is 7.05. The highest BCUT2D eigenvalue weighted by atomic mass is 16.6. The fraction of sp³-hybridized carbons (Fsp3) is 0.278. The maximum Gasteiger partial charge on any atom is 0.228 e. The number of benzene rings is 2. The normalized spacial score (nSPS) is 12.6. The largest absolute Gasteiger partial charge is 0.492 e. The van der Waals surface area contributed by atoms with Gasteiger partial charge in [-0.3, -0.25) is 4.79 Å². The van der Waals surface area contributed by atoms with E-state index in [0.29, 0.717) is 37.0 Å². The Morgan fingerprint density at radius 1 is 1.13 bits per heavy atom. The second-order valence-corrected chi connectivity index (χ2v) is 5.13. The van der Waals surface area contributed by atoms with Crippen molar-refractivity contribution in [3.05, 3.63) is 48.0 Å². The van der Waals surface area contributed by atoms with Crippen molar-refractivity contribution < 1.29 is 19.0 Å². The fourth-order valence-electron chi connectivity index (χ4n) is 2.43. The summed E-state index contributed by atoms with van der Waals surface area (Å²) in [6.07, 6.45) is 0.261. The number of hydrogen-bond acceptors (Lipinski definition) is 4. The molecule has 1 aliphatic heterocycles. The molecule has 1 N–H and O–H groups in total. The van der Waals surface area contributed by atoms with E-state index in [9.17, 15) is 4.79 Å². The van der Waals surface area contributed by atoms with E-state index in [2.05, 4.69) is 5.32 Å². The van der Waals surface area contributed by atoms with Crippen molar-refractivity contribution in [3.8, 4) is 17.2 Å². The van der Waals surface area contributed by atoms with Gasteiger partial charge in [0.2, 0.25) is 5.91 Å². The van der Waals surface area contributed by atoms with Gasteiger partial charge in [0.1, 0.15) is 19.0 Å². The van der Waals surface area contributed by atoms with Gasteiger partial charge in [0.25, 0.3) is 0 Å². The van der Waals surface area contributed by atoms with E-state index in [1.54, 1.807) is 0 Å². The summed E-state index contributed by atoms with van der Waals surface area (Å²) in [4.78, 5) is 12.3. The van der Waals surface area contributed by atoms with Crippen LogP contribution in [0.15, 0.2) is 42.5 Å². The van der Waals surface area contributed by atoms with Gasteiger partial charge in [0, 0.05) is 0 Å².